The van der Waals surface area contributed by atoms with Crippen molar-refractivity contribution in [2.24, 2.45) is 5.92 Å². The van der Waals surface area contributed by atoms with E-state index in [-0.39, 0.29) is 12.2 Å². The number of aryl methyl sites for hydroxylation is 1. The Morgan fingerprint density at radius 3 is 2.53 bits per heavy atom. The van der Waals surface area contributed by atoms with Crippen LogP contribution < -0.4 is 0 Å². The van der Waals surface area contributed by atoms with Crippen molar-refractivity contribution in [3.63, 3.8) is 0 Å². The van der Waals surface area contributed by atoms with Crippen molar-refractivity contribution >= 4 is 0 Å². The Hall–Kier alpha value is -0.900. The minimum atomic E-state index is -0.383. The molecule has 2 rings (SSSR count). The van der Waals surface area contributed by atoms with Gasteiger partial charge in [0.05, 0.1) is 12.2 Å². The molecule has 1 saturated heterocycles. The third-order valence-corrected chi connectivity index (χ3v) is 4.17. The molecule has 106 valence electrons. The summed E-state index contributed by atoms with van der Waals surface area (Å²) in [5.74, 6) is 0.400. The molecule has 1 aromatic rings. The van der Waals surface area contributed by atoms with Gasteiger partial charge in [0.25, 0.3) is 0 Å². The first-order chi connectivity index (χ1) is 9.06. The molecule has 3 nitrogen and oxygen atoms in total. The predicted molar refractivity (Wildman–Crippen MR) is 77.0 cm³/mol. The SMILES string of the molecule is Cc1ccc(C(O)CCN2CCC(C(C)O)C2)cc1. The van der Waals surface area contributed by atoms with Crippen molar-refractivity contribution in [3.05, 3.63) is 35.4 Å². The number of aliphatic hydroxyl groups is 2. The standard InChI is InChI=1S/C16H25NO2/c1-12-3-5-14(6-4-12)16(19)8-10-17-9-7-15(11-17)13(2)18/h3-6,13,15-16,18-19H,7-11H2,1-2H3. The minimum Gasteiger partial charge on any atom is -0.393 e. The first kappa shape index (κ1) is 14.5. The Morgan fingerprint density at radius 2 is 1.95 bits per heavy atom. The van der Waals surface area contributed by atoms with Gasteiger partial charge in [-0.05, 0) is 44.7 Å². The molecule has 1 aromatic carbocycles. The Morgan fingerprint density at radius 1 is 1.26 bits per heavy atom. The average Bonchev–Trinajstić information content (AvgIpc) is 2.86. The molecule has 2 N–H and O–H groups in total. The molecule has 1 aliphatic rings. The quantitative estimate of drug-likeness (QED) is 0.855. The van der Waals surface area contributed by atoms with Gasteiger partial charge in [-0.2, -0.15) is 0 Å². The van der Waals surface area contributed by atoms with Crippen molar-refractivity contribution in [3.8, 4) is 0 Å². The molecule has 3 unspecified atom stereocenters. The van der Waals surface area contributed by atoms with Crippen LogP contribution in [0.15, 0.2) is 24.3 Å². The lowest BCUT2D eigenvalue weighted by molar-refractivity contribution is 0.121. The van der Waals surface area contributed by atoms with E-state index in [1.807, 2.05) is 31.2 Å². The van der Waals surface area contributed by atoms with Gasteiger partial charge in [-0.1, -0.05) is 29.8 Å². The third kappa shape index (κ3) is 4.03. The van der Waals surface area contributed by atoms with Gasteiger partial charge >= 0.3 is 0 Å². The maximum Gasteiger partial charge on any atom is 0.0802 e. The Labute approximate surface area is 115 Å². The summed E-state index contributed by atoms with van der Waals surface area (Å²) < 4.78 is 0. The predicted octanol–water partition coefficient (Wildman–Crippen LogP) is 2.12. The van der Waals surface area contributed by atoms with E-state index in [9.17, 15) is 10.2 Å². The maximum atomic E-state index is 10.2. The monoisotopic (exact) mass is 263 g/mol. The molecule has 19 heavy (non-hydrogen) atoms. The van der Waals surface area contributed by atoms with Gasteiger partial charge in [-0.15, -0.1) is 0 Å². The highest BCUT2D eigenvalue weighted by atomic mass is 16.3. The summed E-state index contributed by atoms with van der Waals surface area (Å²) in [6.07, 6.45) is 1.23. The van der Waals surface area contributed by atoms with Crippen molar-refractivity contribution in [2.45, 2.75) is 38.9 Å². The second-order valence-corrected chi connectivity index (χ2v) is 5.81. The number of rotatable bonds is 5. The number of nitrogens with zero attached hydrogens (tertiary/aromatic N) is 1. The minimum absolute atomic E-state index is 0.216. The van der Waals surface area contributed by atoms with Crippen LogP contribution in [0.2, 0.25) is 0 Å². The van der Waals surface area contributed by atoms with Crippen LogP contribution in [0.3, 0.4) is 0 Å². The third-order valence-electron chi connectivity index (χ3n) is 4.17. The first-order valence-electron chi connectivity index (χ1n) is 7.21. The van der Waals surface area contributed by atoms with E-state index < -0.39 is 0 Å². The Bertz CT molecular complexity index is 388. The van der Waals surface area contributed by atoms with Crippen LogP contribution in [0.1, 0.15) is 37.0 Å². The highest BCUT2D eigenvalue weighted by molar-refractivity contribution is 5.23. The highest BCUT2D eigenvalue weighted by Gasteiger charge is 2.25. The lowest BCUT2D eigenvalue weighted by Gasteiger charge is -2.19. The van der Waals surface area contributed by atoms with Crippen molar-refractivity contribution in [1.29, 1.82) is 0 Å². The number of aliphatic hydroxyl groups excluding tert-OH is 2. The zero-order valence-electron chi connectivity index (χ0n) is 11.9. The van der Waals surface area contributed by atoms with Crippen LogP contribution in [-0.4, -0.2) is 40.9 Å². The molecule has 1 heterocycles. The van der Waals surface area contributed by atoms with Crippen LogP contribution >= 0.6 is 0 Å². The molecule has 0 bridgehead atoms. The van der Waals surface area contributed by atoms with Crippen LogP contribution in [0.5, 0.6) is 0 Å². The van der Waals surface area contributed by atoms with E-state index in [1.165, 1.54) is 5.56 Å². The largest absolute Gasteiger partial charge is 0.393 e. The van der Waals surface area contributed by atoms with Gasteiger partial charge in [-0.25, -0.2) is 0 Å². The van der Waals surface area contributed by atoms with Crippen LogP contribution in [-0.2, 0) is 0 Å². The van der Waals surface area contributed by atoms with Crippen molar-refractivity contribution in [2.75, 3.05) is 19.6 Å². The normalized spacial score (nSPS) is 23.5. The van der Waals surface area contributed by atoms with Gasteiger partial charge < -0.3 is 15.1 Å². The summed E-state index contributed by atoms with van der Waals surface area (Å²) in [5.41, 5.74) is 2.21. The van der Waals surface area contributed by atoms with E-state index in [1.54, 1.807) is 0 Å². The van der Waals surface area contributed by atoms with E-state index in [0.717, 1.165) is 38.0 Å². The molecular weight excluding hydrogens is 238 g/mol. The van der Waals surface area contributed by atoms with Crippen LogP contribution in [0.4, 0.5) is 0 Å². The topological polar surface area (TPSA) is 43.7 Å². The first-order valence-corrected chi connectivity index (χ1v) is 7.21. The molecule has 0 spiro atoms. The van der Waals surface area contributed by atoms with E-state index in [0.29, 0.717) is 5.92 Å². The highest BCUT2D eigenvalue weighted by Crippen LogP contribution is 2.22. The van der Waals surface area contributed by atoms with Gasteiger partial charge in [0.1, 0.15) is 0 Å². The van der Waals surface area contributed by atoms with Crippen molar-refractivity contribution < 1.29 is 10.2 Å². The maximum absolute atomic E-state index is 10.2. The fourth-order valence-corrected chi connectivity index (χ4v) is 2.72. The zero-order valence-corrected chi connectivity index (χ0v) is 11.9. The number of hydrogen-bond acceptors (Lipinski definition) is 3. The average molecular weight is 263 g/mol. The fourth-order valence-electron chi connectivity index (χ4n) is 2.72. The summed E-state index contributed by atoms with van der Waals surface area (Å²) in [7, 11) is 0. The summed E-state index contributed by atoms with van der Waals surface area (Å²) in [5, 5.41) is 19.7. The van der Waals surface area contributed by atoms with E-state index in [4.69, 9.17) is 0 Å². The molecule has 3 atom stereocenters. The molecule has 1 fully saturated rings. The van der Waals surface area contributed by atoms with Crippen LogP contribution in [0, 0.1) is 12.8 Å². The lowest BCUT2D eigenvalue weighted by atomic mass is 10.0. The van der Waals surface area contributed by atoms with Crippen LogP contribution in [0.25, 0.3) is 0 Å². The Balaban J connectivity index is 1.78. The molecule has 0 saturated carbocycles. The molecular formula is C16H25NO2. The van der Waals surface area contributed by atoms with Crippen molar-refractivity contribution in [1.82, 2.24) is 4.90 Å². The Kier molecular flexibility index (Phi) is 4.97. The smallest absolute Gasteiger partial charge is 0.0802 e. The molecule has 0 aliphatic carbocycles. The summed E-state index contributed by atoms with van der Waals surface area (Å²) in [6, 6.07) is 8.08. The summed E-state index contributed by atoms with van der Waals surface area (Å²) in [6.45, 7) is 6.82. The summed E-state index contributed by atoms with van der Waals surface area (Å²) >= 11 is 0. The molecule has 0 radical (unpaired) electrons. The second-order valence-electron chi connectivity index (χ2n) is 5.81. The molecule has 0 aromatic heterocycles. The number of likely N-dealkylation sites (tertiary alicyclic amines) is 1. The van der Waals surface area contributed by atoms with Gasteiger partial charge in [0, 0.05) is 13.1 Å². The number of benzene rings is 1. The molecule has 1 aliphatic heterocycles. The molecule has 0 amide bonds. The molecule has 3 heteroatoms. The fraction of sp³-hybridized carbons (Fsp3) is 0.625. The van der Waals surface area contributed by atoms with E-state index in [2.05, 4.69) is 11.8 Å². The summed E-state index contributed by atoms with van der Waals surface area (Å²) in [4.78, 5) is 2.34. The lowest BCUT2D eigenvalue weighted by Crippen LogP contribution is -2.26. The number of hydrogen-bond donors (Lipinski definition) is 2. The van der Waals surface area contributed by atoms with Gasteiger partial charge in [0.15, 0.2) is 0 Å². The van der Waals surface area contributed by atoms with E-state index >= 15 is 0 Å². The van der Waals surface area contributed by atoms with Gasteiger partial charge in [-0.3, -0.25) is 0 Å². The van der Waals surface area contributed by atoms with Gasteiger partial charge in [0.2, 0.25) is 0 Å². The zero-order chi connectivity index (χ0) is 13.8. The second kappa shape index (κ2) is 6.51.